The van der Waals surface area contributed by atoms with Gasteiger partial charge in [0, 0.05) is 31.6 Å². The van der Waals surface area contributed by atoms with Gasteiger partial charge in [0.25, 0.3) is 0 Å². The number of likely N-dealkylation sites (tertiary alicyclic amines) is 1. The summed E-state index contributed by atoms with van der Waals surface area (Å²) in [5.74, 6) is 0.718. The van der Waals surface area contributed by atoms with E-state index in [1.54, 1.807) is 19.2 Å². The monoisotopic (exact) mass is 446 g/mol. The second kappa shape index (κ2) is 8.47. The number of hydrogen-bond donors (Lipinski definition) is 2. The van der Waals surface area contributed by atoms with Crippen molar-refractivity contribution in [3.05, 3.63) is 35.6 Å². The summed E-state index contributed by atoms with van der Waals surface area (Å²) in [6, 6.07) is 7.71. The fourth-order valence-corrected chi connectivity index (χ4v) is 3.51. The Labute approximate surface area is 161 Å². The molecule has 0 spiro atoms. The summed E-state index contributed by atoms with van der Waals surface area (Å²) in [4.78, 5) is 6.69. The average molecular weight is 446 g/mol. The van der Waals surface area contributed by atoms with E-state index in [1.807, 2.05) is 12.1 Å². The molecule has 24 heavy (non-hydrogen) atoms. The number of guanidine groups is 1. The summed E-state index contributed by atoms with van der Waals surface area (Å²) in [5, 5.41) is 6.80. The van der Waals surface area contributed by atoms with Crippen molar-refractivity contribution < 1.29 is 4.39 Å². The first-order chi connectivity index (χ1) is 11.1. The van der Waals surface area contributed by atoms with Crippen molar-refractivity contribution in [3.63, 3.8) is 0 Å². The number of nitrogens with one attached hydrogen (secondary N) is 2. The minimum absolute atomic E-state index is 0. The minimum atomic E-state index is -0.0951. The third-order valence-corrected chi connectivity index (χ3v) is 5.29. The van der Waals surface area contributed by atoms with E-state index in [9.17, 15) is 4.39 Å². The molecule has 2 aliphatic rings. The number of rotatable bonds is 5. The largest absolute Gasteiger partial charge is 0.356 e. The zero-order valence-corrected chi connectivity index (χ0v) is 16.8. The van der Waals surface area contributed by atoms with Gasteiger partial charge in [-0.3, -0.25) is 4.99 Å². The van der Waals surface area contributed by atoms with Gasteiger partial charge in [0.2, 0.25) is 0 Å². The van der Waals surface area contributed by atoms with Crippen molar-refractivity contribution >= 4 is 29.9 Å². The van der Waals surface area contributed by atoms with Crippen molar-refractivity contribution in [2.75, 3.05) is 33.7 Å². The van der Waals surface area contributed by atoms with E-state index in [0.29, 0.717) is 6.04 Å². The standard InChI is InChI=1S/C18H27FN4.HI/c1-20-17(21-12-14-6-5-11-23(14)2)22-13-18(9-10-18)15-7-3-4-8-16(15)19;/h3-4,7-8,14H,5-6,9-13H2,1-2H3,(H2,20,21,22);1H. The van der Waals surface area contributed by atoms with Gasteiger partial charge >= 0.3 is 0 Å². The van der Waals surface area contributed by atoms with Gasteiger partial charge in [-0.15, -0.1) is 24.0 Å². The molecule has 134 valence electrons. The van der Waals surface area contributed by atoms with Crippen LogP contribution < -0.4 is 10.6 Å². The Morgan fingerprint density at radius 1 is 1.33 bits per heavy atom. The van der Waals surface area contributed by atoms with E-state index >= 15 is 0 Å². The van der Waals surface area contributed by atoms with Gasteiger partial charge in [-0.05, 0) is 50.9 Å². The van der Waals surface area contributed by atoms with Crippen molar-refractivity contribution in [1.29, 1.82) is 0 Å². The van der Waals surface area contributed by atoms with E-state index in [2.05, 4.69) is 27.6 Å². The first-order valence-electron chi connectivity index (χ1n) is 8.54. The zero-order valence-electron chi connectivity index (χ0n) is 14.5. The van der Waals surface area contributed by atoms with Crippen LogP contribution >= 0.6 is 24.0 Å². The normalized spacial score (nSPS) is 22.8. The molecule has 0 radical (unpaired) electrons. The van der Waals surface area contributed by atoms with Crippen molar-refractivity contribution in [2.45, 2.75) is 37.1 Å². The highest BCUT2D eigenvalue weighted by atomic mass is 127. The van der Waals surface area contributed by atoms with Crippen LogP contribution in [0.15, 0.2) is 29.3 Å². The molecule has 1 saturated carbocycles. The summed E-state index contributed by atoms with van der Waals surface area (Å²) in [7, 11) is 3.96. The van der Waals surface area contributed by atoms with Crippen LogP contribution in [0.3, 0.4) is 0 Å². The summed E-state index contributed by atoms with van der Waals surface area (Å²) in [6.45, 7) is 2.81. The third-order valence-electron chi connectivity index (χ3n) is 5.29. The molecule has 1 saturated heterocycles. The SMILES string of the molecule is CN=C(NCC1CCCN1C)NCC1(c2ccccc2F)CC1.I. The maximum absolute atomic E-state index is 14.0. The molecule has 4 nitrogen and oxygen atoms in total. The summed E-state index contributed by atoms with van der Waals surface area (Å²) < 4.78 is 14.0. The Morgan fingerprint density at radius 2 is 2.08 bits per heavy atom. The van der Waals surface area contributed by atoms with Gasteiger partial charge in [-0.25, -0.2) is 4.39 Å². The number of halogens is 2. The molecule has 1 aromatic carbocycles. The van der Waals surface area contributed by atoms with Crippen molar-refractivity contribution in [2.24, 2.45) is 4.99 Å². The fraction of sp³-hybridized carbons (Fsp3) is 0.611. The molecule has 1 unspecified atom stereocenters. The molecule has 2 fully saturated rings. The Morgan fingerprint density at radius 3 is 2.67 bits per heavy atom. The molecule has 3 rings (SSSR count). The summed E-state index contributed by atoms with van der Waals surface area (Å²) >= 11 is 0. The van der Waals surface area contributed by atoms with Gasteiger partial charge in [-0.1, -0.05) is 18.2 Å². The molecule has 0 aromatic heterocycles. The Balaban J connectivity index is 0.00000208. The molecule has 1 aliphatic heterocycles. The molecule has 6 heteroatoms. The smallest absolute Gasteiger partial charge is 0.191 e. The molecule has 1 aliphatic carbocycles. The van der Waals surface area contributed by atoms with Crippen LogP contribution in [0.5, 0.6) is 0 Å². The number of aliphatic imine (C=N–C) groups is 1. The summed E-state index contributed by atoms with van der Waals surface area (Å²) in [5.41, 5.74) is 0.770. The lowest BCUT2D eigenvalue weighted by Crippen LogP contribution is -2.46. The highest BCUT2D eigenvalue weighted by Gasteiger charge is 2.45. The molecule has 1 atom stereocenters. The fourth-order valence-electron chi connectivity index (χ4n) is 3.51. The van der Waals surface area contributed by atoms with E-state index in [1.165, 1.54) is 19.4 Å². The average Bonchev–Trinajstić information content (AvgIpc) is 3.23. The Kier molecular flexibility index (Phi) is 6.86. The number of likely N-dealkylation sites (N-methyl/N-ethyl adjacent to an activating group) is 1. The van der Waals surface area contributed by atoms with Gasteiger partial charge in [0.1, 0.15) is 5.82 Å². The van der Waals surface area contributed by atoms with E-state index in [-0.39, 0.29) is 35.2 Å². The van der Waals surface area contributed by atoms with Crippen molar-refractivity contribution in [3.8, 4) is 0 Å². The van der Waals surface area contributed by atoms with Crippen LogP contribution in [0, 0.1) is 5.82 Å². The molecule has 1 heterocycles. The van der Waals surface area contributed by atoms with E-state index < -0.39 is 0 Å². The predicted molar refractivity (Wildman–Crippen MR) is 108 cm³/mol. The van der Waals surface area contributed by atoms with Crippen molar-refractivity contribution in [1.82, 2.24) is 15.5 Å². The van der Waals surface area contributed by atoms with Crippen LogP contribution in [0.4, 0.5) is 4.39 Å². The zero-order chi connectivity index (χ0) is 16.3. The molecular formula is C18H28FIN4. The quantitative estimate of drug-likeness (QED) is 0.415. The van der Waals surface area contributed by atoms with Gasteiger partial charge in [0.05, 0.1) is 0 Å². The molecule has 0 amide bonds. The van der Waals surface area contributed by atoms with Gasteiger partial charge in [-0.2, -0.15) is 0 Å². The third kappa shape index (κ3) is 4.39. The van der Waals surface area contributed by atoms with Gasteiger partial charge < -0.3 is 15.5 Å². The van der Waals surface area contributed by atoms with Gasteiger partial charge in [0.15, 0.2) is 5.96 Å². The van der Waals surface area contributed by atoms with Crippen LogP contribution in [0.2, 0.25) is 0 Å². The highest BCUT2D eigenvalue weighted by Crippen LogP contribution is 2.48. The lowest BCUT2D eigenvalue weighted by Gasteiger charge is -2.23. The second-order valence-electron chi connectivity index (χ2n) is 6.84. The lowest BCUT2D eigenvalue weighted by molar-refractivity contribution is 0.309. The lowest BCUT2D eigenvalue weighted by atomic mass is 9.95. The maximum atomic E-state index is 14.0. The second-order valence-corrected chi connectivity index (χ2v) is 6.84. The van der Waals surface area contributed by atoms with Crippen LogP contribution in [-0.4, -0.2) is 50.6 Å². The number of nitrogens with zero attached hydrogens (tertiary/aromatic N) is 2. The molecule has 0 bridgehead atoms. The van der Waals surface area contributed by atoms with E-state index in [0.717, 1.165) is 37.5 Å². The van der Waals surface area contributed by atoms with E-state index in [4.69, 9.17) is 0 Å². The molecular weight excluding hydrogens is 418 g/mol. The molecule has 1 aromatic rings. The first-order valence-corrected chi connectivity index (χ1v) is 8.54. The predicted octanol–water partition coefficient (Wildman–Crippen LogP) is 2.73. The van der Waals surface area contributed by atoms with Crippen LogP contribution in [0.25, 0.3) is 0 Å². The number of hydrogen-bond acceptors (Lipinski definition) is 2. The Bertz CT molecular complexity index is 574. The van der Waals surface area contributed by atoms with Crippen LogP contribution in [0.1, 0.15) is 31.2 Å². The van der Waals surface area contributed by atoms with Crippen LogP contribution in [-0.2, 0) is 5.41 Å². The Hall–Kier alpha value is -0.890. The maximum Gasteiger partial charge on any atom is 0.191 e. The highest BCUT2D eigenvalue weighted by molar-refractivity contribution is 14.0. The first kappa shape index (κ1) is 19.4. The number of benzene rings is 1. The minimum Gasteiger partial charge on any atom is -0.356 e. The molecule has 2 N–H and O–H groups in total. The summed E-state index contributed by atoms with van der Waals surface area (Å²) in [6.07, 6.45) is 4.57. The topological polar surface area (TPSA) is 39.7 Å².